The van der Waals surface area contributed by atoms with Crippen molar-refractivity contribution in [2.75, 3.05) is 39.8 Å². The number of hydrogen-bond donors (Lipinski definition) is 2. The molecule has 0 aliphatic carbocycles. The first kappa shape index (κ1) is 23.7. The number of carbonyl (C=O) groups excluding carboxylic acids is 2. The number of nitrogens with zero attached hydrogens (tertiary/aromatic N) is 3. The van der Waals surface area contributed by atoms with Crippen LogP contribution in [-0.4, -0.2) is 67.3 Å². The molecule has 0 radical (unpaired) electrons. The molecule has 1 aliphatic rings. The van der Waals surface area contributed by atoms with Crippen molar-refractivity contribution >= 4 is 17.8 Å². The summed E-state index contributed by atoms with van der Waals surface area (Å²) in [4.78, 5) is 33.0. The summed E-state index contributed by atoms with van der Waals surface area (Å²) >= 11 is 0. The largest absolute Gasteiger partial charge is 0.359 e. The lowest BCUT2D eigenvalue weighted by molar-refractivity contribution is -0.121. The van der Waals surface area contributed by atoms with Gasteiger partial charge in [-0.15, -0.1) is 0 Å². The van der Waals surface area contributed by atoms with Crippen LogP contribution in [0.5, 0.6) is 0 Å². The van der Waals surface area contributed by atoms with Gasteiger partial charge in [-0.2, -0.15) is 0 Å². The number of nitrogens with one attached hydrogen (secondary N) is 2. The van der Waals surface area contributed by atoms with E-state index in [4.69, 9.17) is 4.99 Å². The maximum Gasteiger partial charge on any atom is 0.253 e. The number of hydrogen-bond acceptors (Lipinski definition) is 3. The standard InChI is InChI=1S/C23H37N5O2/c1-5-25-23(28-14-12-18(13-15-28)16-21(29)24-4)26-17-19-8-10-20(11-9-19)22(30)27(6-2)7-3/h8-11,18H,5-7,12-17H2,1-4H3,(H,24,29)(H,25,26). The molecule has 1 heterocycles. The van der Waals surface area contributed by atoms with Gasteiger partial charge in [-0.1, -0.05) is 12.1 Å². The Bertz CT molecular complexity index is 705. The molecule has 0 bridgehead atoms. The smallest absolute Gasteiger partial charge is 0.253 e. The highest BCUT2D eigenvalue weighted by atomic mass is 16.2. The molecule has 7 nitrogen and oxygen atoms in total. The Morgan fingerprint density at radius 2 is 1.73 bits per heavy atom. The SMILES string of the molecule is CCNC(=NCc1ccc(C(=O)N(CC)CC)cc1)N1CCC(CC(=O)NC)CC1. The van der Waals surface area contributed by atoms with Crippen molar-refractivity contribution in [2.24, 2.45) is 10.9 Å². The van der Waals surface area contributed by atoms with Gasteiger partial charge in [-0.05, 0) is 57.2 Å². The summed E-state index contributed by atoms with van der Waals surface area (Å²) in [5, 5.41) is 6.10. The monoisotopic (exact) mass is 415 g/mol. The second-order valence-corrected chi connectivity index (χ2v) is 7.65. The summed E-state index contributed by atoms with van der Waals surface area (Å²) < 4.78 is 0. The van der Waals surface area contributed by atoms with Gasteiger partial charge < -0.3 is 20.4 Å². The minimum absolute atomic E-state index is 0.0722. The molecule has 166 valence electrons. The Morgan fingerprint density at radius 1 is 1.10 bits per heavy atom. The number of rotatable bonds is 8. The molecule has 1 aromatic carbocycles. The van der Waals surface area contributed by atoms with Crippen molar-refractivity contribution in [3.05, 3.63) is 35.4 Å². The fourth-order valence-electron chi connectivity index (χ4n) is 3.75. The predicted molar refractivity (Wildman–Crippen MR) is 121 cm³/mol. The van der Waals surface area contributed by atoms with Crippen LogP contribution in [0.25, 0.3) is 0 Å². The molecule has 0 saturated carbocycles. The van der Waals surface area contributed by atoms with Crippen molar-refractivity contribution < 1.29 is 9.59 Å². The molecule has 1 fully saturated rings. The second-order valence-electron chi connectivity index (χ2n) is 7.65. The zero-order valence-corrected chi connectivity index (χ0v) is 18.9. The van der Waals surface area contributed by atoms with Crippen molar-refractivity contribution in [2.45, 2.75) is 46.6 Å². The number of aliphatic imine (C=N–C) groups is 1. The molecule has 2 rings (SSSR count). The summed E-state index contributed by atoms with van der Waals surface area (Å²) in [5.74, 6) is 1.55. The van der Waals surface area contributed by atoms with Crippen LogP contribution < -0.4 is 10.6 Å². The zero-order chi connectivity index (χ0) is 21.9. The van der Waals surface area contributed by atoms with E-state index in [1.165, 1.54) is 0 Å². The summed E-state index contributed by atoms with van der Waals surface area (Å²) in [7, 11) is 1.69. The van der Waals surface area contributed by atoms with E-state index in [-0.39, 0.29) is 11.8 Å². The maximum absolute atomic E-state index is 12.4. The van der Waals surface area contributed by atoms with E-state index in [9.17, 15) is 9.59 Å². The first-order chi connectivity index (χ1) is 14.5. The van der Waals surface area contributed by atoms with Gasteiger partial charge in [-0.3, -0.25) is 9.59 Å². The molecule has 0 aromatic heterocycles. The van der Waals surface area contributed by atoms with Crippen molar-refractivity contribution in [1.82, 2.24) is 20.4 Å². The number of guanidine groups is 1. The number of amides is 2. The van der Waals surface area contributed by atoms with Crippen LogP contribution in [0.3, 0.4) is 0 Å². The van der Waals surface area contributed by atoms with Crippen molar-refractivity contribution in [1.29, 1.82) is 0 Å². The Balaban J connectivity index is 1.96. The van der Waals surface area contributed by atoms with Crippen LogP contribution in [0.4, 0.5) is 0 Å². The molecular formula is C23H37N5O2. The van der Waals surface area contributed by atoms with E-state index in [0.29, 0.717) is 32.0 Å². The Morgan fingerprint density at radius 3 is 2.27 bits per heavy atom. The molecule has 1 saturated heterocycles. The van der Waals surface area contributed by atoms with Gasteiger partial charge >= 0.3 is 0 Å². The van der Waals surface area contributed by atoms with Crippen LogP contribution >= 0.6 is 0 Å². The minimum atomic E-state index is 0.0722. The molecule has 0 spiro atoms. The number of piperidine rings is 1. The van der Waals surface area contributed by atoms with Crippen LogP contribution in [0, 0.1) is 5.92 Å². The minimum Gasteiger partial charge on any atom is -0.359 e. The van der Waals surface area contributed by atoms with Gasteiger partial charge in [0.2, 0.25) is 5.91 Å². The number of likely N-dealkylation sites (tertiary alicyclic amines) is 1. The summed E-state index contributed by atoms with van der Waals surface area (Å²) in [6.07, 6.45) is 2.61. The van der Waals surface area contributed by atoms with Gasteiger partial charge in [0, 0.05) is 51.8 Å². The first-order valence-electron chi connectivity index (χ1n) is 11.1. The average molecular weight is 416 g/mol. The van der Waals surface area contributed by atoms with Crippen LogP contribution in [0.15, 0.2) is 29.3 Å². The summed E-state index contributed by atoms with van der Waals surface area (Å²) in [5.41, 5.74) is 1.80. The lowest BCUT2D eigenvalue weighted by Crippen LogP contribution is -2.46. The van der Waals surface area contributed by atoms with E-state index >= 15 is 0 Å². The van der Waals surface area contributed by atoms with Crippen molar-refractivity contribution in [3.63, 3.8) is 0 Å². The molecular weight excluding hydrogens is 378 g/mol. The maximum atomic E-state index is 12.4. The Labute approximate surface area is 180 Å². The van der Waals surface area contributed by atoms with E-state index in [2.05, 4.69) is 22.5 Å². The quantitative estimate of drug-likeness (QED) is 0.505. The number of carbonyl (C=O) groups is 2. The molecule has 7 heteroatoms. The molecule has 30 heavy (non-hydrogen) atoms. The average Bonchev–Trinajstić information content (AvgIpc) is 2.78. The van der Waals surface area contributed by atoms with Crippen LogP contribution in [0.1, 0.15) is 56.0 Å². The fourth-order valence-corrected chi connectivity index (χ4v) is 3.75. The van der Waals surface area contributed by atoms with Crippen LogP contribution in [-0.2, 0) is 11.3 Å². The van der Waals surface area contributed by atoms with Gasteiger partial charge in [0.25, 0.3) is 5.91 Å². The highest BCUT2D eigenvalue weighted by Gasteiger charge is 2.23. The topological polar surface area (TPSA) is 77.0 Å². The molecule has 1 aromatic rings. The van der Waals surface area contributed by atoms with E-state index in [1.54, 1.807) is 7.05 Å². The van der Waals surface area contributed by atoms with Gasteiger partial charge in [-0.25, -0.2) is 4.99 Å². The van der Waals surface area contributed by atoms with E-state index in [1.807, 2.05) is 43.0 Å². The Kier molecular flexibility index (Phi) is 9.64. The highest BCUT2D eigenvalue weighted by Crippen LogP contribution is 2.20. The van der Waals surface area contributed by atoms with E-state index in [0.717, 1.165) is 49.6 Å². The Hall–Kier alpha value is -2.57. The molecule has 1 aliphatic heterocycles. The third-order valence-electron chi connectivity index (χ3n) is 5.66. The van der Waals surface area contributed by atoms with Gasteiger partial charge in [0.05, 0.1) is 6.54 Å². The normalized spacial score (nSPS) is 15.1. The zero-order valence-electron chi connectivity index (χ0n) is 18.9. The number of benzene rings is 1. The predicted octanol–water partition coefficient (Wildman–Crippen LogP) is 2.48. The molecule has 0 atom stereocenters. The fraction of sp³-hybridized carbons (Fsp3) is 0.609. The van der Waals surface area contributed by atoms with Crippen molar-refractivity contribution in [3.8, 4) is 0 Å². The molecule has 2 amide bonds. The molecule has 0 unspecified atom stereocenters. The highest BCUT2D eigenvalue weighted by molar-refractivity contribution is 5.94. The van der Waals surface area contributed by atoms with Gasteiger partial charge in [0.15, 0.2) is 5.96 Å². The van der Waals surface area contributed by atoms with E-state index < -0.39 is 0 Å². The van der Waals surface area contributed by atoms with Crippen LogP contribution in [0.2, 0.25) is 0 Å². The third-order valence-corrected chi connectivity index (χ3v) is 5.66. The van der Waals surface area contributed by atoms with Gasteiger partial charge in [0.1, 0.15) is 0 Å². The lowest BCUT2D eigenvalue weighted by atomic mass is 9.93. The molecule has 2 N–H and O–H groups in total. The first-order valence-corrected chi connectivity index (χ1v) is 11.1. The second kappa shape index (κ2) is 12.2. The third kappa shape index (κ3) is 6.75. The summed E-state index contributed by atoms with van der Waals surface area (Å²) in [6.45, 7) is 10.7. The lowest BCUT2D eigenvalue weighted by Gasteiger charge is -2.34. The summed E-state index contributed by atoms with van der Waals surface area (Å²) in [6, 6.07) is 7.75.